The Morgan fingerprint density at radius 3 is 2.53 bits per heavy atom. The van der Waals surface area contributed by atoms with Crippen molar-refractivity contribution in [3.8, 4) is 18.1 Å². The lowest BCUT2D eigenvalue weighted by Gasteiger charge is -2.18. The first kappa shape index (κ1) is 15.5. The van der Waals surface area contributed by atoms with Gasteiger partial charge in [0.15, 0.2) is 0 Å². The highest BCUT2D eigenvalue weighted by Gasteiger charge is 2.10. The largest absolute Gasteiger partial charge is 0.435 e. The Labute approximate surface area is 113 Å². The molecule has 0 radical (unpaired) electrons. The second-order valence-corrected chi connectivity index (χ2v) is 4.15. The first-order valence-corrected chi connectivity index (χ1v) is 6.39. The van der Waals surface area contributed by atoms with Gasteiger partial charge in [-0.25, -0.2) is 0 Å². The predicted molar refractivity (Wildman–Crippen MR) is 72.2 cm³/mol. The summed E-state index contributed by atoms with van der Waals surface area (Å²) in [5.74, 6) is 2.79. The molecule has 0 fully saturated rings. The quantitative estimate of drug-likeness (QED) is 0.572. The average Bonchev–Trinajstić information content (AvgIpc) is 2.38. The van der Waals surface area contributed by atoms with Crippen molar-refractivity contribution in [1.82, 2.24) is 5.32 Å². The maximum absolute atomic E-state index is 12.1. The van der Waals surface area contributed by atoms with Gasteiger partial charge in [-0.1, -0.05) is 19.1 Å². The smallest absolute Gasteiger partial charge is 0.387 e. The molecule has 1 aromatic carbocycles. The fraction of sp³-hybridized carbons (Fsp3) is 0.467. The Balaban J connectivity index is 2.65. The lowest BCUT2D eigenvalue weighted by Crippen LogP contribution is -2.20. The summed E-state index contributed by atoms with van der Waals surface area (Å²) in [6, 6.07) is 6.93. The Bertz CT molecular complexity index is 398. The number of ether oxygens (including phenoxy) is 1. The van der Waals surface area contributed by atoms with Crippen LogP contribution in [0.5, 0.6) is 5.75 Å². The second-order valence-electron chi connectivity index (χ2n) is 4.15. The van der Waals surface area contributed by atoms with Crippen LogP contribution in [-0.2, 0) is 0 Å². The van der Waals surface area contributed by atoms with E-state index < -0.39 is 6.61 Å². The van der Waals surface area contributed by atoms with Gasteiger partial charge in [-0.2, -0.15) is 8.78 Å². The molecule has 0 saturated carbocycles. The van der Waals surface area contributed by atoms with Crippen molar-refractivity contribution in [2.75, 3.05) is 6.54 Å². The molecule has 0 aliphatic heterocycles. The summed E-state index contributed by atoms with van der Waals surface area (Å²) >= 11 is 0. The zero-order valence-electron chi connectivity index (χ0n) is 11.0. The minimum atomic E-state index is -2.79. The molecule has 104 valence electrons. The molecule has 0 heterocycles. The molecule has 1 unspecified atom stereocenters. The molecule has 2 nitrogen and oxygen atoms in total. The summed E-state index contributed by atoms with van der Waals surface area (Å²) in [4.78, 5) is 0. The summed E-state index contributed by atoms with van der Waals surface area (Å²) < 4.78 is 28.4. The van der Waals surface area contributed by atoms with Crippen LogP contribution in [0.15, 0.2) is 24.3 Å². The first-order valence-electron chi connectivity index (χ1n) is 6.39. The van der Waals surface area contributed by atoms with E-state index in [1.165, 1.54) is 0 Å². The van der Waals surface area contributed by atoms with Gasteiger partial charge in [0.05, 0.1) is 0 Å². The summed E-state index contributed by atoms with van der Waals surface area (Å²) in [7, 11) is 0. The average molecular weight is 267 g/mol. The van der Waals surface area contributed by atoms with E-state index in [4.69, 9.17) is 6.42 Å². The Kier molecular flexibility index (Phi) is 6.91. The van der Waals surface area contributed by atoms with Gasteiger partial charge in [0.2, 0.25) is 0 Å². The molecule has 0 aliphatic rings. The Morgan fingerprint density at radius 2 is 2.00 bits per heavy atom. The van der Waals surface area contributed by atoms with Crippen molar-refractivity contribution in [3.05, 3.63) is 29.8 Å². The number of benzene rings is 1. The highest BCUT2D eigenvalue weighted by molar-refractivity contribution is 5.29. The van der Waals surface area contributed by atoms with Crippen LogP contribution in [0, 0.1) is 12.3 Å². The second kappa shape index (κ2) is 8.49. The van der Waals surface area contributed by atoms with Crippen molar-refractivity contribution in [1.29, 1.82) is 0 Å². The van der Waals surface area contributed by atoms with E-state index in [1.54, 1.807) is 24.3 Å². The van der Waals surface area contributed by atoms with Crippen molar-refractivity contribution >= 4 is 0 Å². The molecular formula is C15H19F2NO. The van der Waals surface area contributed by atoms with E-state index in [1.807, 2.05) is 6.92 Å². The third kappa shape index (κ3) is 5.71. The normalized spacial score (nSPS) is 12.2. The number of hydrogen-bond acceptors (Lipinski definition) is 2. The molecular weight excluding hydrogens is 248 g/mol. The van der Waals surface area contributed by atoms with Crippen LogP contribution in [0.3, 0.4) is 0 Å². The van der Waals surface area contributed by atoms with Crippen LogP contribution in [0.2, 0.25) is 0 Å². The first-order chi connectivity index (χ1) is 9.17. The highest BCUT2D eigenvalue weighted by atomic mass is 19.3. The number of terminal acetylenes is 1. The molecule has 1 N–H and O–H groups in total. The molecule has 1 aromatic rings. The summed E-state index contributed by atoms with van der Waals surface area (Å²) in [6.45, 7) is 0.0874. The third-order valence-corrected chi connectivity index (χ3v) is 2.77. The van der Waals surface area contributed by atoms with Crippen molar-refractivity contribution < 1.29 is 13.5 Å². The molecule has 0 amide bonds. The highest BCUT2D eigenvalue weighted by Crippen LogP contribution is 2.22. The minimum absolute atomic E-state index is 0.178. The molecule has 0 saturated heterocycles. The van der Waals surface area contributed by atoms with Crippen molar-refractivity contribution in [2.45, 2.75) is 38.8 Å². The monoisotopic (exact) mass is 267 g/mol. The lowest BCUT2D eigenvalue weighted by molar-refractivity contribution is -0.0498. The lowest BCUT2D eigenvalue weighted by atomic mass is 10.0. The number of halogens is 2. The van der Waals surface area contributed by atoms with Crippen LogP contribution in [-0.4, -0.2) is 13.2 Å². The molecule has 0 bridgehead atoms. The Hall–Kier alpha value is -1.60. The van der Waals surface area contributed by atoms with Gasteiger partial charge in [0, 0.05) is 12.5 Å². The zero-order chi connectivity index (χ0) is 14.1. The van der Waals surface area contributed by atoms with Crippen LogP contribution in [0.4, 0.5) is 8.78 Å². The van der Waals surface area contributed by atoms with Crippen LogP contribution in [0.1, 0.15) is 37.8 Å². The molecule has 1 atom stereocenters. The fourth-order valence-electron chi connectivity index (χ4n) is 1.92. The standard InChI is InChI=1S/C15H19F2NO/c1-3-5-6-7-14(18-4-2)12-8-10-13(11-9-12)19-15(16)17/h1,8-11,14-15,18H,4-7H2,2H3. The van der Waals surface area contributed by atoms with Gasteiger partial charge in [0.1, 0.15) is 5.75 Å². The van der Waals surface area contributed by atoms with Crippen LogP contribution >= 0.6 is 0 Å². The maximum Gasteiger partial charge on any atom is 0.387 e. The minimum Gasteiger partial charge on any atom is -0.435 e. The van der Waals surface area contributed by atoms with E-state index in [0.717, 1.165) is 31.4 Å². The Morgan fingerprint density at radius 1 is 1.32 bits per heavy atom. The molecule has 0 aromatic heterocycles. The van der Waals surface area contributed by atoms with Gasteiger partial charge in [0.25, 0.3) is 0 Å². The number of unbranched alkanes of at least 4 members (excludes halogenated alkanes) is 1. The van der Waals surface area contributed by atoms with Crippen LogP contribution < -0.4 is 10.1 Å². The third-order valence-electron chi connectivity index (χ3n) is 2.77. The van der Waals surface area contributed by atoms with Gasteiger partial charge in [-0.05, 0) is 37.1 Å². The van der Waals surface area contributed by atoms with E-state index >= 15 is 0 Å². The number of alkyl halides is 2. The molecule has 0 aliphatic carbocycles. The van der Waals surface area contributed by atoms with E-state index in [9.17, 15) is 8.78 Å². The number of hydrogen-bond donors (Lipinski definition) is 1. The molecule has 19 heavy (non-hydrogen) atoms. The summed E-state index contributed by atoms with van der Waals surface area (Å²) in [5.41, 5.74) is 1.06. The van der Waals surface area contributed by atoms with Crippen molar-refractivity contribution in [3.63, 3.8) is 0 Å². The fourth-order valence-corrected chi connectivity index (χ4v) is 1.92. The van der Waals surface area contributed by atoms with E-state index in [-0.39, 0.29) is 11.8 Å². The molecule has 1 rings (SSSR count). The van der Waals surface area contributed by atoms with E-state index in [2.05, 4.69) is 16.0 Å². The van der Waals surface area contributed by atoms with Gasteiger partial charge < -0.3 is 10.1 Å². The van der Waals surface area contributed by atoms with E-state index in [0.29, 0.717) is 0 Å². The molecule has 0 spiro atoms. The van der Waals surface area contributed by atoms with Gasteiger partial charge in [-0.15, -0.1) is 12.3 Å². The zero-order valence-corrected chi connectivity index (χ0v) is 11.0. The summed E-state index contributed by atoms with van der Waals surface area (Å²) in [6.07, 6.45) is 7.84. The topological polar surface area (TPSA) is 21.3 Å². The number of rotatable bonds is 8. The SMILES string of the molecule is C#CCCCC(NCC)c1ccc(OC(F)F)cc1. The predicted octanol–water partition coefficient (Wildman–Crippen LogP) is 3.74. The molecule has 4 heteroatoms. The van der Waals surface area contributed by atoms with Crippen LogP contribution in [0.25, 0.3) is 0 Å². The van der Waals surface area contributed by atoms with Gasteiger partial charge in [-0.3, -0.25) is 0 Å². The van der Waals surface area contributed by atoms with Crippen molar-refractivity contribution in [2.24, 2.45) is 0 Å². The number of nitrogens with one attached hydrogen (secondary N) is 1. The summed E-state index contributed by atoms with van der Waals surface area (Å²) in [5, 5.41) is 3.36. The van der Waals surface area contributed by atoms with Gasteiger partial charge >= 0.3 is 6.61 Å². The maximum atomic E-state index is 12.1.